The Bertz CT molecular complexity index is 176. The van der Waals surface area contributed by atoms with Gasteiger partial charge in [-0.1, -0.05) is 13.8 Å². The van der Waals surface area contributed by atoms with E-state index in [-0.39, 0.29) is 18.7 Å². The molecule has 1 fully saturated rings. The molecule has 84 valence electrons. The maximum Gasteiger partial charge on any atom is 0.110 e. The predicted octanol–water partition coefficient (Wildman–Crippen LogP) is -1.53. The smallest absolute Gasteiger partial charge is 0.110 e. The molecule has 4 atom stereocenters. The lowest BCUT2D eigenvalue weighted by molar-refractivity contribution is -0.162. The molecule has 0 bridgehead atoms. The number of aliphatic hydroxyl groups excluding tert-OH is 3. The average Bonchev–Trinajstić information content (AvgIpc) is 2.13. The van der Waals surface area contributed by atoms with Crippen LogP contribution < -0.4 is 5.32 Å². The lowest BCUT2D eigenvalue weighted by Crippen LogP contribution is -2.60. The fourth-order valence-corrected chi connectivity index (χ4v) is 1.62. The molecule has 0 unspecified atom stereocenters. The van der Waals surface area contributed by atoms with Crippen molar-refractivity contribution in [2.75, 3.05) is 13.2 Å². The summed E-state index contributed by atoms with van der Waals surface area (Å²) in [5.41, 5.74) is 0. The number of rotatable bonds is 3. The second kappa shape index (κ2) is 5.04. The predicted molar refractivity (Wildman–Crippen MR) is 50.9 cm³/mol. The second-order valence-electron chi connectivity index (χ2n) is 3.96. The van der Waals surface area contributed by atoms with Gasteiger partial charge in [-0.25, -0.2) is 0 Å². The minimum absolute atomic E-state index is 0.219. The molecule has 1 aliphatic heterocycles. The van der Waals surface area contributed by atoms with E-state index in [4.69, 9.17) is 9.84 Å². The standard InChI is InChI=1S/C9H19NO4/c1-5(2)10-6-4-14-7(3-11)9(13)8(6)12/h5-13H,3-4H2,1-2H3/t6-,7+,8+,9-/m0/s1. The zero-order valence-electron chi connectivity index (χ0n) is 8.55. The molecule has 1 rings (SSSR count). The number of hydrogen-bond acceptors (Lipinski definition) is 5. The van der Waals surface area contributed by atoms with Gasteiger partial charge in [-0.15, -0.1) is 0 Å². The summed E-state index contributed by atoms with van der Waals surface area (Å²) in [6.45, 7) is 3.95. The Kier molecular flexibility index (Phi) is 4.28. The highest BCUT2D eigenvalue weighted by molar-refractivity contribution is 4.90. The molecule has 0 aromatic heterocycles. The first-order valence-corrected chi connectivity index (χ1v) is 4.91. The Hall–Kier alpha value is -0.200. The molecule has 0 amide bonds. The molecule has 0 spiro atoms. The van der Waals surface area contributed by atoms with Crippen LogP contribution in [0, 0.1) is 0 Å². The lowest BCUT2D eigenvalue weighted by Gasteiger charge is -2.38. The molecule has 1 saturated heterocycles. The second-order valence-corrected chi connectivity index (χ2v) is 3.96. The van der Waals surface area contributed by atoms with E-state index in [0.29, 0.717) is 6.61 Å². The summed E-state index contributed by atoms with van der Waals surface area (Å²) in [5, 5.41) is 31.2. The average molecular weight is 205 g/mol. The third kappa shape index (κ3) is 2.65. The molecular formula is C9H19NO4. The first kappa shape index (κ1) is 11.9. The number of hydrogen-bond donors (Lipinski definition) is 4. The molecule has 0 saturated carbocycles. The number of aliphatic hydroxyl groups is 3. The first-order valence-electron chi connectivity index (χ1n) is 4.91. The lowest BCUT2D eigenvalue weighted by atomic mass is 9.98. The van der Waals surface area contributed by atoms with Crippen molar-refractivity contribution < 1.29 is 20.1 Å². The van der Waals surface area contributed by atoms with E-state index >= 15 is 0 Å². The summed E-state index contributed by atoms with van der Waals surface area (Å²) >= 11 is 0. The van der Waals surface area contributed by atoms with Crippen molar-refractivity contribution >= 4 is 0 Å². The van der Waals surface area contributed by atoms with Gasteiger partial charge in [-0.2, -0.15) is 0 Å². The monoisotopic (exact) mass is 205 g/mol. The van der Waals surface area contributed by atoms with Gasteiger partial charge in [0.05, 0.1) is 19.3 Å². The fraction of sp³-hybridized carbons (Fsp3) is 1.00. The van der Waals surface area contributed by atoms with E-state index in [1.54, 1.807) is 0 Å². The van der Waals surface area contributed by atoms with Gasteiger partial charge in [-0.3, -0.25) is 0 Å². The fourth-order valence-electron chi connectivity index (χ4n) is 1.62. The van der Waals surface area contributed by atoms with E-state index < -0.39 is 18.3 Å². The van der Waals surface area contributed by atoms with Gasteiger partial charge in [0.15, 0.2) is 0 Å². The van der Waals surface area contributed by atoms with Crippen molar-refractivity contribution in [2.45, 2.75) is 44.2 Å². The summed E-state index contributed by atoms with van der Waals surface area (Å²) in [6.07, 6.45) is -2.58. The molecule has 0 aromatic rings. The quantitative estimate of drug-likeness (QED) is 0.449. The molecule has 1 heterocycles. The molecule has 5 heteroatoms. The highest BCUT2D eigenvalue weighted by atomic mass is 16.5. The maximum absolute atomic E-state index is 9.68. The molecule has 0 aromatic carbocycles. The Labute approximate surface area is 83.7 Å². The third-order valence-electron chi connectivity index (χ3n) is 2.36. The van der Waals surface area contributed by atoms with Gasteiger partial charge in [0, 0.05) is 6.04 Å². The van der Waals surface area contributed by atoms with Crippen LogP contribution in [0.2, 0.25) is 0 Å². The van der Waals surface area contributed by atoms with Crippen molar-refractivity contribution in [1.82, 2.24) is 5.32 Å². The van der Waals surface area contributed by atoms with E-state index in [1.807, 2.05) is 13.8 Å². The Morgan fingerprint density at radius 3 is 2.50 bits per heavy atom. The molecule has 0 aliphatic carbocycles. The van der Waals surface area contributed by atoms with Crippen molar-refractivity contribution in [2.24, 2.45) is 0 Å². The topological polar surface area (TPSA) is 82.0 Å². The van der Waals surface area contributed by atoms with Crippen molar-refractivity contribution in [1.29, 1.82) is 0 Å². The van der Waals surface area contributed by atoms with E-state index in [9.17, 15) is 10.2 Å². The largest absolute Gasteiger partial charge is 0.394 e. The Morgan fingerprint density at radius 1 is 1.36 bits per heavy atom. The first-order chi connectivity index (χ1) is 6.56. The Morgan fingerprint density at radius 2 is 2.00 bits per heavy atom. The number of nitrogens with one attached hydrogen (secondary N) is 1. The summed E-state index contributed by atoms with van der Waals surface area (Å²) < 4.78 is 5.20. The molecule has 1 aliphatic rings. The minimum atomic E-state index is -1.02. The summed E-state index contributed by atoms with van der Waals surface area (Å²) in [7, 11) is 0. The Balaban J connectivity index is 2.50. The van der Waals surface area contributed by atoms with Gasteiger partial charge < -0.3 is 25.4 Å². The van der Waals surface area contributed by atoms with Gasteiger partial charge in [0.25, 0.3) is 0 Å². The van der Waals surface area contributed by atoms with Crippen LogP contribution in [0.5, 0.6) is 0 Å². The SMILES string of the molecule is CC(C)N[C@H]1CO[C@H](CO)[C@H](O)[C@@H]1O. The van der Waals surface area contributed by atoms with Crippen LogP contribution in [0.25, 0.3) is 0 Å². The van der Waals surface area contributed by atoms with E-state index in [2.05, 4.69) is 5.32 Å². The zero-order chi connectivity index (χ0) is 10.7. The van der Waals surface area contributed by atoms with Gasteiger partial charge >= 0.3 is 0 Å². The van der Waals surface area contributed by atoms with Crippen LogP contribution >= 0.6 is 0 Å². The van der Waals surface area contributed by atoms with Crippen LogP contribution in [0.1, 0.15) is 13.8 Å². The maximum atomic E-state index is 9.68. The van der Waals surface area contributed by atoms with Gasteiger partial charge in [0.2, 0.25) is 0 Å². The van der Waals surface area contributed by atoms with Gasteiger partial charge in [-0.05, 0) is 0 Å². The van der Waals surface area contributed by atoms with Crippen LogP contribution in [0.15, 0.2) is 0 Å². The molecule has 4 N–H and O–H groups in total. The summed E-state index contributed by atoms with van der Waals surface area (Å²) in [4.78, 5) is 0. The van der Waals surface area contributed by atoms with Gasteiger partial charge in [0.1, 0.15) is 18.3 Å². The third-order valence-corrected chi connectivity index (χ3v) is 2.36. The highest BCUT2D eigenvalue weighted by Crippen LogP contribution is 2.15. The molecular weight excluding hydrogens is 186 g/mol. The molecule has 5 nitrogen and oxygen atoms in total. The van der Waals surface area contributed by atoms with Crippen molar-refractivity contribution in [3.8, 4) is 0 Å². The summed E-state index contributed by atoms with van der Waals surface area (Å²) in [5.74, 6) is 0. The van der Waals surface area contributed by atoms with Crippen LogP contribution in [0.4, 0.5) is 0 Å². The highest BCUT2D eigenvalue weighted by Gasteiger charge is 2.37. The minimum Gasteiger partial charge on any atom is -0.394 e. The molecule has 14 heavy (non-hydrogen) atoms. The zero-order valence-corrected chi connectivity index (χ0v) is 8.55. The number of ether oxygens (including phenoxy) is 1. The van der Waals surface area contributed by atoms with E-state index in [0.717, 1.165) is 0 Å². The normalized spacial score (nSPS) is 39.0. The van der Waals surface area contributed by atoms with Crippen LogP contribution in [0.3, 0.4) is 0 Å². The van der Waals surface area contributed by atoms with E-state index in [1.165, 1.54) is 0 Å². The van der Waals surface area contributed by atoms with Crippen LogP contribution in [-0.2, 0) is 4.74 Å². The van der Waals surface area contributed by atoms with Crippen LogP contribution in [-0.4, -0.2) is 58.9 Å². The van der Waals surface area contributed by atoms with Crippen molar-refractivity contribution in [3.05, 3.63) is 0 Å². The summed E-state index contributed by atoms with van der Waals surface area (Å²) in [6, 6.07) is -0.0519. The van der Waals surface area contributed by atoms with Crippen molar-refractivity contribution in [3.63, 3.8) is 0 Å². The molecule has 0 radical (unpaired) electrons.